The van der Waals surface area contributed by atoms with Crippen LogP contribution >= 0.6 is 11.6 Å². The Labute approximate surface area is 228 Å². The summed E-state index contributed by atoms with van der Waals surface area (Å²) in [7, 11) is 1.95. The lowest BCUT2D eigenvalue weighted by atomic mass is 9.73. The van der Waals surface area contributed by atoms with Crippen LogP contribution in [-0.2, 0) is 16.9 Å². The molecule has 1 fully saturated rings. The molecule has 0 saturated carbocycles. The van der Waals surface area contributed by atoms with E-state index < -0.39 is 11.6 Å². The molecule has 2 atom stereocenters. The Hall–Kier alpha value is -3.74. The second-order valence-electron chi connectivity index (χ2n) is 9.75. The van der Waals surface area contributed by atoms with E-state index in [2.05, 4.69) is 12.1 Å². The largest absolute Gasteiger partial charge is 0.386 e. The fourth-order valence-corrected chi connectivity index (χ4v) is 5.69. The van der Waals surface area contributed by atoms with Crippen molar-refractivity contribution in [3.05, 3.63) is 113 Å². The van der Waals surface area contributed by atoms with Crippen molar-refractivity contribution in [1.82, 2.24) is 14.9 Å². The quantitative estimate of drug-likeness (QED) is 0.285. The Kier molecular flexibility index (Phi) is 7.72. The van der Waals surface area contributed by atoms with E-state index in [1.807, 2.05) is 84.7 Å². The summed E-state index contributed by atoms with van der Waals surface area (Å²) in [4.78, 5) is 26.0. The average molecular weight is 527 g/mol. The predicted octanol–water partition coefficient (Wildman–Crippen LogP) is 6.00. The summed E-state index contributed by atoms with van der Waals surface area (Å²) >= 11 is 6.72. The first-order chi connectivity index (χ1) is 18.5. The SMILES string of the molecule is CN(Cc1ccccc1)c1ncc(C2(C(O)c3ccccc3)CCCCN2C=O)c(-c2ccccc2Cl)n1. The number of hydrogen-bond donors (Lipinski definition) is 1. The summed E-state index contributed by atoms with van der Waals surface area (Å²) in [6.45, 7) is 1.16. The summed E-state index contributed by atoms with van der Waals surface area (Å²) in [5.41, 5.74) is 2.85. The van der Waals surface area contributed by atoms with Crippen LogP contribution in [0.25, 0.3) is 11.3 Å². The number of carbonyl (C=O) groups is 1. The first kappa shape index (κ1) is 25.9. The highest BCUT2D eigenvalue weighted by Crippen LogP contribution is 2.49. The van der Waals surface area contributed by atoms with Gasteiger partial charge in [0.25, 0.3) is 0 Å². The van der Waals surface area contributed by atoms with Crippen molar-refractivity contribution >= 4 is 24.0 Å². The summed E-state index contributed by atoms with van der Waals surface area (Å²) in [5.74, 6) is 0.533. The number of anilines is 1. The first-order valence-corrected chi connectivity index (χ1v) is 13.2. The number of aromatic nitrogens is 2. The molecule has 0 bridgehead atoms. The smallest absolute Gasteiger partial charge is 0.225 e. The Morgan fingerprint density at radius 1 is 1.03 bits per heavy atom. The van der Waals surface area contributed by atoms with Crippen molar-refractivity contribution in [1.29, 1.82) is 0 Å². The van der Waals surface area contributed by atoms with Crippen molar-refractivity contribution in [2.24, 2.45) is 0 Å². The van der Waals surface area contributed by atoms with Gasteiger partial charge in [0.1, 0.15) is 11.6 Å². The molecule has 3 aromatic carbocycles. The van der Waals surface area contributed by atoms with Gasteiger partial charge in [-0.15, -0.1) is 0 Å². The number of carbonyl (C=O) groups excluding carboxylic acids is 1. The maximum Gasteiger partial charge on any atom is 0.225 e. The number of rotatable bonds is 8. The fraction of sp³-hybridized carbons (Fsp3) is 0.258. The van der Waals surface area contributed by atoms with Gasteiger partial charge in [0.15, 0.2) is 0 Å². The molecular formula is C31H31ClN4O2. The van der Waals surface area contributed by atoms with Gasteiger partial charge in [-0.05, 0) is 36.5 Å². The molecule has 0 radical (unpaired) electrons. The second-order valence-corrected chi connectivity index (χ2v) is 10.2. The molecule has 5 rings (SSSR count). The third-order valence-corrected chi connectivity index (χ3v) is 7.72. The molecule has 194 valence electrons. The number of aliphatic hydroxyl groups excluding tert-OH is 1. The lowest BCUT2D eigenvalue weighted by molar-refractivity contribution is -0.135. The van der Waals surface area contributed by atoms with Gasteiger partial charge in [-0.1, -0.05) is 90.5 Å². The second kappa shape index (κ2) is 11.3. The minimum atomic E-state index is -1.05. The number of hydrogen-bond acceptors (Lipinski definition) is 5. The molecule has 38 heavy (non-hydrogen) atoms. The summed E-state index contributed by atoms with van der Waals surface area (Å²) in [6, 6.07) is 27.2. The van der Waals surface area contributed by atoms with Gasteiger partial charge in [-0.25, -0.2) is 9.97 Å². The molecule has 4 aromatic rings. The molecule has 1 N–H and O–H groups in total. The van der Waals surface area contributed by atoms with E-state index in [9.17, 15) is 9.90 Å². The predicted molar refractivity (Wildman–Crippen MR) is 151 cm³/mol. The van der Waals surface area contributed by atoms with Crippen LogP contribution in [0.1, 0.15) is 42.1 Å². The van der Waals surface area contributed by atoms with Crippen molar-refractivity contribution in [3.8, 4) is 11.3 Å². The number of benzene rings is 3. The van der Waals surface area contributed by atoms with Crippen molar-refractivity contribution in [2.75, 3.05) is 18.5 Å². The standard InChI is InChI=1S/C31H31ClN4O2/c1-35(21-23-12-4-2-5-13-23)30-33-20-26(28(34-30)25-16-8-9-17-27(25)32)31(18-10-11-19-36(31)22-37)29(38)24-14-6-3-7-15-24/h2-9,12-17,20,22,29,38H,10-11,18-19,21H2,1H3. The van der Waals surface area contributed by atoms with Crippen molar-refractivity contribution < 1.29 is 9.90 Å². The number of halogens is 1. The number of aliphatic hydroxyl groups is 1. The topological polar surface area (TPSA) is 69.6 Å². The van der Waals surface area contributed by atoms with Gasteiger partial charge in [-0.2, -0.15) is 0 Å². The summed E-state index contributed by atoms with van der Waals surface area (Å²) in [6.07, 6.45) is 3.93. The van der Waals surface area contributed by atoms with Crippen LogP contribution in [-0.4, -0.2) is 40.0 Å². The monoisotopic (exact) mass is 526 g/mol. The van der Waals surface area contributed by atoms with Crippen LogP contribution in [0.3, 0.4) is 0 Å². The molecule has 1 aromatic heterocycles. The minimum absolute atomic E-state index is 0.533. The molecule has 6 nitrogen and oxygen atoms in total. The fourth-order valence-electron chi connectivity index (χ4n) is 5.47. The van der Waals surface area contributed by atoms with Crippen LogP contribution in [0.15, 0.2) is 91.1 Å². The highest BCUT2D eigenvalue weighted by Gasteiger charge is 2.49. The molecule has 7 heteroatoms. The van der Waals surface area contributed by atoms with Crippen LogP contribution < -0.4 is 4.90 Å². The Balaban J connectivity index is 1.70. The first-order valence-electron chi connectivity index (χ1n) is 12.9. The van der Waals surface area contributed by atoms with E-state index in [0.717, 1.165) is 35.9 Å². The Morgan fingerprint density at radius 3 is 2.42 bits per heavy atom. The number of piperidine rings is 1. The van der Waals surface area contributed by atoms with E-state index >= 15 is 0 Å². The van der Waals surface area contributed by atoms with Crippen molar-refractivity contribution in [3.63, 3.8) is 0 Å². The maximum absolute atomic E-state index is 12.5. The van der Waals surface area contributed by atoms with Crippen LogP contribution in [0.2, 0.25) is 5.02 Å². The van der Waals surface area contributed by atoms with Gasteiger partial charge < -0.3 is 14.9 Å². The zero-order valence-electron chi connectivity index (χ0n) is 21.4. The number of nitrogens with zero attached hydrogens (tertiary/aromatic N) is 4. The van der Waals surface area contributed by atoms with Gasteiger partial charge >= 0.3 is 0 Å². The van der Waals surface area contributed by atoms with Crippen LogP contribution in [0.5, 0.6) is 0 Å². The minimum Gasteiger partial charge on any atom is -0.386 e. The third-order valence-electron chi connectivity index (χ3n) is 7.39. The zero-order chi connectivity index (χ0) is 26.5. The van der Waals surface area contributed by atoms with Crippen LogP contribution in [0.4, 0.5) is 5.95 Å². The van der Waals surface area contributed by atoms with E-state index in [0.29, 0.717) is 41.7 Å². The highest BCUT2D eigenvalue weighted by atomic mass is 35.5. The molecule has 0 aliphatic carbocycles. The van der Waals surface area contributed by atoms with Gasteiger partial charge in [0.05, 0.1) is 5.69 Å². The van der Waals surface area contributed by atoms with E-state index in [4.69, 9.17) is 21.6 Å². The Morgan fingerprint density at radius 2 is 1.71 bits per heavy atom. The van der Waals surface area contributed by atoms with Gasteiger partial charge in [0, 0.05) is 42.5 Å². The number of likely N-dealkylation sites (tertiary alicyclic amines) is 1. The third kappa shape index (κ3) is 4.89. The Bertz CT molecular complexity index is 1390. The summed E-state index contributed by atoms with van der Waals surface area (Å²) < 4.78 is 0. The maximum atomic E-state index is 12.5. The summed E-state index contributed by atoms with van der Waals surface area (Å²) in [5, 5.41) is 12.5. The lowest BCUT2D eigenvalue weighted by Crippen LogP contribution is -2.53. The molecule has 1 aliphatic heterocycles. The van der Waals surface area contributed by atoms with E-state index in [1.165, 1.54) is 0 Å². The van der Waals surface area contributed by atoms with E-state index in [-0.39, 0.29) is 0 Å². The van der Waals surface area contributed by atoms with Crippen LogP contribution in [0, 0.1) is 0 Å². The normalized spacial score (nSPS) is 18.1. The molecule has 0 spiro atoms. The zero-order valence-corrected chi connectivity index (χ0v) is 22.1. The van der Waals surface area contributed by atoms with Gasteiger partial charge in [0.2, 0.25) is 12.4 Å². The van der Waals surface area contributed by atoms with Crippen molar-refractivity contribution in [2.45, 2.75) is 37.5 Å². The highest BCUT2D eigenvalue weighted by molar-refractivity contribution is 6.33. The lowest BCUT2D eigenvalue weighted by Gasteiger charge is -2.49. The molecular weight excluding hydrogens is 496 g/mol. The average Bonchev–Trinajstić information content (AvgIpc) is 2.97. The van der Waals surface area contributed by atoms with E-state index in [1.54, 1.807) is 11.1 Å². The molecule has 2 heterocycles. The molecule has 1 saturated heterocycles. The van der Waals surface area contributed by atoms with Gasteiger partial charge in [-0.3, -0.25) is 4.79 Å². The molecule has 2 unspecified atom stereocenters. The molecule has 1 aliphatic rings. The molecule has 1 amide bonds. The number of amides is 1.